The molecule has 0 atom stereocenters. The van der Waals surface area contributed by atoms with Gasteiger partial charge in [-0.2, -0.15) is 0 Å². The van der Waals surface area contributed by atoms with Crippen molar-refractivity contribution in [3.63, 3.8) is 0 Å². The van der Waals surface area contributed by atoms with Gasteiger partial charge in [0, 0.05) is 20.1 Å². The van der Waals surface area contributed by atoms with Gasteiger partial charge in [0.15, 0.2) is 0 Å². The molecule has 0 aliphatic rings. The normalized spacial score (nSPS) is 10.9. The fraction of sp³-hybridized carbons (Fsp3) is 0.111. The molecular weight excluding hydrogens is 563 g/mol. The fourth-order valence-electron chi connectivity index (χ4n) is 3.32. The molecule has 0 fully saturated rings. The summed E-state index contributed by atoms with van der Waals surface area (Å²) in [6.07, 6.45) is 0. The van der Waals surface area contributed by atoms with E-state index >= 15 is 0 Å². The number of aromatic nitrogens is 1. The molecular formula is C27H25IrNO2. The van der Waals surface area contributed by atoms with E-state index in [1.807, 2.05) is 72.8 Å². The van der Waals surface area contributed by atoms with Crippen molar-refractivity contribution in [2.45, 2.75) is 20.8 Å². The number of fused-ring (bicyclic) bond motifs is 1. The van der Waals surface area contributed by atoms with Crippen molar-refractivity contribution in [2.24, 2.45) is 0 Å². The number of para-hydroxylation sites is 1. The Kier molecular flexibility index (Phi) is 8.87. The molecule has 0 aliphatic heterocycles. The van der Waals surface area contributed by atoms with Crippen LogP contribution in [0.15, 0.2) is 90.7 Å². The van der Waals surface area contributed by atoms with Crippen LogP contribution in [0.1, 0.15) is 25.0 Å². The molecule has 0 spiro atoms. The molecule has 31 heavy (non-hydrogen) atoms. The van der Waals surface area contributed by atoms with Crippen molar-refractivity contribution in [3.8, 4) is 11.3 Å². The number of aryl methyl sites for hydroxylation is 1. The second-order valence-electron chi connectivity index (χ2n) is 7.03. The average molecular weight is 588 g/mol. The van der Waals surface area contributed by atoms with Gasteiger partial charge < -0.3 is 5.11 Å². The number of rotatable bonds is 3. The van der Waals surface area contributed by atoms with E-state index in [2.05, 4.69) is 25.1 Å². The number of pyridine rings is 1. The SMILES string of the molecule is CC(=[OH+])/C(=C(/C)O)c1ccccc1.Cc1cc2ccccc2nc1-c1[c-]cccc1.[Ir]. The molecule has 3 nitrogen and oxygen atoms in total. The van der Waals surface area contributed by atoms with Gasteiger partial charge in [0.05, 0.1) is 12.4 Å². The second-order valence-corrected chi connectivity index (χ2v) is 7.03. The Morgan fingerprint density at radius 3 is 2.16 bits per heavy atom. The monoisotopic (exact) mass is 588 g/mol. The van der Waals surface area contributed by atoms with Crippen LogP contribution in [0.3, 0.4) is 0 Å². The summed E-state index contributed by atoms with van der Waals surface area (Å²) < 4.78 is 0. The molecule has 1 radical (unpaired) electrons. The Bertz CT molecular complexity index is 1180. The molecule has 0 aliphatic carbocycles. The summed E-state index contributed by atoms with van der Waals surface area (Å²) in [6.45, 7) is 5.21. The Hall–Kier alpha value is -3.07. The third-order valence-electron chi connectivity index (χ3n) is 4.66. The molecule has 0 amide bonds. The third kappa shape index (κ3) is 6.21. The van der Waals surface area contributed by atoms with E-state index in [1.165, 1.54) is 10.9 Å². The predicted molar refractivity (Wildman–Crippen MR) is 125 cm³/mol. The van der Waals surface area contributed by atoms with Crippen molar-refractivity contribution in [1.82, 2.24) is 4.98 Å². The van der Waals surface area contributed by atoms with Gasteiger partial charge in [-0.3, -0.25) is 9.78 Å². The van der Waals surface area contributed by atoms with Gasteiger partial charge in [0.2, 0.25) is 0 Å². The van der Waals surface area contributed by atoms with Gasteiger partial charge in [-0.1, -0.05) is 60.2 Å². The number of ketones is 1. The number of allylic oxidation sites excluding steroid dienone is 2. The van der Waals surface area contributed by atoms with Crippen LogP contribution in [0.2, 0.25) is 0 Å². The summed E-state index contributed by atoms with van der Waals surface area (Å²) in [5, 5.41) is 10.5. The minimum absolute atomic E-state index is 0. The van der Waals surface area contributed by atoms with E-state index in [0.29, 0.717) is 5.57 Å². The van der Waals surface area contributed by atoms with Crippen molar-refractivity contribution >= 4 is 22.3 Å². The number of nitrogens with zero attached hydrogens (tertiary/aromatic N) is 1. The molecule has 4 aromatic rings. The third-order valence-corrected chi connectivity index (χ3v) is 4.66. The van der Waals surface area contributed by atoms with Crippen LogP contribution in [-0.2, 0) is 20.1 Å². The first kappa shape index (κ1) is 24.2. The Balaban J connectivity index is 0.000000222. The first-order chi connectivity index (χ1) is 14.5. The standard InChI is InChI=1S/C16H12N.C11H12O2.Ir/c1-12-11-14-9-5-6-10-15(14)17-16(12)13-7-3-2-4-8-13;1-8(12)11(9(2)13)10-6-4-3-5-7-10;/h2-7,9-11H,1H3;3-7,12H,1-2H3;/q-1;;/p+1/b;11-8+;. The molecule has 3 aromatic carbocycles. The summed E-state index contributed by atoms with van der Waals surface area (Å²) in [5.41, 5.74) is 5.61. The summed E-state index contributed by atoms with van der Waals surface area (Å²) >= 11 is 0. The number of hydrogen-bond acceptors (Lipinski definition) is 2. The fourth-order valence-corrected chi connectivity index (χ4v) is 3.32. The Labute approximate surface area is 196 Å². The van der Waals surface area contributed by atoms with Crippen LogP contribution in [0, 0.1) is 13.0 Å². The molecule has 1 aromatic heterocycles. The van der Waals surface area contributed by atoms with E-state index in [9.17, 15) is 9.90 Å². The minimum atomic E-state index is 0. The summed E-state index contributed by atoms with van der Waals surface area (Å²) in [6, 6.07) is 30.9. The number of hydrogen-bond donors (Lipinski definition) is 1. The first-order valence-corrected chi connectivity index (χ1v) is 9.79. The van der Waals surface area contributed by atoms with Gasteiger partial charge >= 0.3 is 5.78 Å². The number of carbonyl (C=O) groups excluding carboxylic acids is 1. The van der Waals surface area contributed by atoms with Crippen LogP contribution >= 0.6 is 0 Å². The molecule has 2 N–H and O–H groups in total. The summed E-state index contributed by atoms with van der Waals surface area (Å²) in [7, 11) is 0. The zero-order valence-electron chi connectivity index (χ0n) is 17.8. The smallest absolute Gasteiger partial charge is 0.324 e. The van der Waals surface area contributed by atoms with Crippen molar-refractivity contribution in [1.29, 1.82) is 0 Å². The van der Waals surface area contributed by atoms with E-state index in [-0.39, 0.29) is 31.6 Å². The van der Waals surface area contributed by atoms with Crippen molar-refractivity contribution in [3.05, 3.63) is 108 Å². The summed E-state index contributed by atoms with van der Waals surface area (Å²) in [5.74, 6) is 0.261. The minimum Gasteiger partial charge on any atom is -0.512 e. The second kappa shape index (κ2) is 11.4. The maximum absolute atomic E-state index is 9.33. The van der Waals surface area contributed by atoms with E-state index in [1.54, 1.807) is 13.8 Å². The van der Waals surface area contributed by atoms with Gasteiger partial charge in [0.25, 0.3) is 0 Å². The van der Waals surface area contributed by atoms with Gasteiger partial charge in [-0.25, -0.2) is 0 Å². The molecule has 4 heteroatoms. The molecule has 0 unspecified atom stereocenters. The largest absolute Gasteiger partial charge is 0.512 e. The van der Waals surface area contributed by atoms with Crippen molar-refractivity contribution < 1.29 is 30.0 Å². The van der Waals surface area contributed by atoms with Crippen LogP contribution in [-0.4, -0.2) is 20.7 Å². The molecule has 0 saturated heterocycles. The van der Waals surface area contributed by atoms with Crippen LogP contribution in [0.5, 0.6) is 0 Å². The van der Waals surface area contributed by atoms with Crippen LogP contribution in [0.25, 0.3) is 27.7 Å². The van der Waals surface area contributed by atoms with E-state index < -0.39 is 0 Å². The number of aliphatic hydroxyl groups excluding tert-OH is 1. The van der Waals surface area contributed by atoms with Gasteiger partial charge in [-0.05, 0) is 36.6 Å². The zero-order chi connectivity index (χ0) is 21.5. The molecule has 0 bridgehead atoms. The van der Waals surface area contributed by atoms with Gasteiger partial charge in [0.1, 0.15) is 11.3 Å². The van der Waals surface area contributed by atoms with E-state index in [4.69, 9.17) is 4.98 Å². The summed E-state index contributed by atoms with van der Waals surface area (Å²) in [4.78, 5) is 14.0. The molecule has 4 rings (SSSR count). The maximum atomic E-state index is 9.33. The molecule has 0 saturated carbocycles. The van der Waals surface area contributed by atoms with Crippen molar-refractivity contribution in [2.75, 3.05) is 0 Å². The van der Waals surface area contributed by atoms with Gasteiger partial charge in [-0.15, -0.1) is 35.9 Å². The quantitative estimate of drug-likeness (QED) is 0.128. The molecule has 1 heterocycles. The first-order valence-electron chi connectivity index (χ1n) is 9.79. The average Bonchev–Trinajstić information content (AvgIpc) is 2.74. The predicted octanol–water partition coefficient (Wildman–Crippen LogP) is 6.55. The Morgan fingerprint density at radius 2 is 1.55 bits per heavy atom. The molecule has 159 valence electrons. The van der Waals surface area contributed by atoms with E-state index in [0.717, 1.165) is 22.3 Å². The van der Waals surface area contributed by atoms with Crippen LogP contribution < -0.4 is 0 Å². The number of aliphatic hydroxyl groups is 1. The Morgan fingerprint density at radius 1 is 0.903 bits per heavy atom. The maximum Gasteiger partial charge on any atom is 0.324 e. The number of benzene rings is 3. The van der Waals surface area contributed by atoms with Crippen LogP contribution in [0.4, 0.5) is 0 Å². The zero-order valence-corrected chi connectivity index (χ0v) is 20.2. The topological polar surface area (TPSA) is 54.5 Å².